The van der Waals surface area contributed by atoms with Crippen molar-refractivity contribution in [1.29, 1.82) is 0 Å². The summed E-state index contributed by atoms with van der Waals surface area (Å²) in [5, 5.41) is 3.54. The Morgan fingerprint density at radius 1 is 1.25 bits per heavy atom. The van der Waals surface area contributed by atoms with Crippen LogP contribution in [0.3, 0.4) is 0 Å². The zero-order valence-electron chi connectivity index (χ0n) is 11.8. The number of benzene rings is 1. The van der Waals surface area contributed by atoms with Crippen LogP contribution >= 0.6 is 0 Å². The summed E-state index contributed by atoms with van der Waals surface area (Å²) in [6, 6.07) is 10.6. The van der Waals surface area contributed by atoms with Gasteiger partial charge in [-0.1, -0.05) is 30.3 Å². The molecule has 0 bridgehead atoms. The second kappa shape index (κ2) is 6.27. The third-order valence-corrected chi connectivity index (χ3v) is 4.02. The number of amides is 1. The monoisotopic (exact) mass is 274 g/mol. The lowest BCUT2D eigenvalue weighted by atomic mass is 10.1. The molecule has 3 rings (SSSR count). The summed E-state index contributed by atoms with van der Waals surface area (Å²) in [4.78, 5) is 13.8. The summed E-state index contributed by atoms with van der Waals surface area (Å²) in [6.45, 7) is 3.05. The SMILES string of the molecule is O=C(OCc1ccccc1)N1CC[C@@H](CNC2CC2)C1. The van der Waals surface area contributed by atoms with Gasteiger partial charge in [0, 0.05) is 19.1 Å². The minimum atomic E-state index is -0.178. The molecule has 2 aliphatic rings. The highest BCUT2D eigenvalue weighted by molar-refractivity contribution is 5.68. The zero-order valence-corrected chi connectivity index (χ0v) is 11.8. The molecule has 1 aliphatic carbocycles. The Morgan fingerprint density at radius 3 is 2.80 bits per heavy atom. The highest BCUT2D eigenvalue weighted by atomic mass is 16.6. The maximum Gasteiger partial charge on any atom is 0.410 e. The lowest BCUT2D eigenvalue weighted by Gasteiger charge is -2.16. The standard InChI is InChI=1S/C16H22N2O2/c19-16(20-12-13-4-2-1-3-5-13)18-9-8-14(11-18)10-17-15-6-7-15/h1-5,14-15,17H,6-12H2/t14-/m0/s1. The minimum Gasteiger partial charge on any atom is -0.445 e. The first-order chi connectivity index (χ1) is 9.81. The number of carbonyl (C=O) groups excluding carboxylic acids is 1. The van der Waals surface area contributed by atoms with Crippen molar-refractivity contribution in [1.82, 2.24) is 10.2 Å². The minimum absolute atomic E-state index is 0.178. The molecule has 1 aliphatic heterocycles. The van der Waals surface area contributed by atoms with E-state index in [9.17, 15) is 4.79 Å². The molecule has 108 valence electrons. The Bertz CT molecular complexity index is 445. The molecular formula is C16H22N2O2. The van der Waals surface area contributed by atoms with Crippen LogP contribution in [-0.2, 0) is 11.3 Å². The predicted octanol–water partition coefficient (Wildman–Crippen LogP) is 2.40. The van der Waals surface area contributed by atoms with E-state index < -0.39 is 0 Å². The van der Waals surface area contributed by atoms with Crippen molar-refractivity contribution in [2.24, 2.45) is 5.92 Å². The first-order valence-corrected chi connectivity index (χ1v) is 7.50. The predicted molar refractivity (Wildman–Crippen MR) is 77.3 cm³/mol. The Labute approximate surface area is 120 Å². The average molecular weight is 274 g/mol. The molecule has 0 spiro atoms. The molecule has 1 amide bonds. The number of nitrogens with zero attached hydrogens (tertiary/aromatic N) is 1. The van der Waals surface area contributed by atoms with Crippen molar-refractivity contribution < 1.29 is 9.53 Å². The Balaban J connectivity index is 1.39. The van der Waals surface area contributed by atoms with Gasteiger partial charge in [-0.3, -0.25) is 0 Å². The fourth-order valence-corrected chi connectivity index (χ4v) is 2.60. The van der Waals surface area contributed by atoms with Gasteiger partial charge in [0.25, 0.3) is 0 Å². The number of ether oxygens (including phenoxy) is 1. The maximum atomic E-state index is 12.0. The third kappa shape index (κ3) is 3.73. The molecule has 2 fully saturated rings. The van der Waals surface area contributed by atoms with Crippen molar-refractivity contribution in [2.45, 2.75) is 31.9 Å². The molecule has 1 aromatic carbocycles. The van der Waals surface area contributed by atoms with Gasteiger partial charge < -0.3 is 15.0 Å². The summed E-state index contributed by atoms with van der Waals surface area (Å²) in [5.41, 5.74) is 1.03. The van der Waals surface area contributed by atoms with Gasteiger partial charge in [0.2, 0.25) is 0 Å². The third-order valence-electron chi connectivity index (χ3n) is 4.02. The van der Waals surface area contributed by atoms with E-state index in [1.165, 1.54) is 12.8 Å². The molecule has 1 heterocycles. The van der Waals surface area contributed by atoms with Crippen molar-refractivity contribution in [3.63, 3.8) is 0 Å². The normalized spacial score (nSPS) is 22.0. The lowest BCUT2D eigenvalue weighted by Crippen LogP contribution is -2.31. The van der Waals surface area contributed by atoms with Crippen LogP contribution in [0.1, 0.15) is 24.8 Å². The van der Waals surface area contributed by atoms with E-state index in [4.69, 9.17) is 4.74 Å². The van der Waals surface area contributed by atoms with E-state index in [-0.39, 0.29) is 6.09 Å². The molecular weight excluding hydrogens is 252 g/mol. The van der Waals surface area contributed by atoms with Gasteiger partial charge >= 0.3 is 6.09 Å². The first kappa shape index (κ1) is 13.4. The number of hydrogen-bond donors (Lipinski definition) is 1. The molecule has 0 aromatic heterocycles. The molecule has 4 nitrogen and oxygen atoms in total. The summed E-state index contributed by atoms with van der Waals surface area (Å²) in [7, 11) is 0. The number of rotatable bonds is 5. The van der Waals surface area contributed by atoms with Crippen LogP contribution in [0.2, 0.25) is 0 Å². The van der Waals surface area contributed by atoms with Crippen LogP contribution in [0.15, 0.2) is 30.3 Å². The quantitative estimate of drug-likeness (QED) is 0.896. The van der Waals surface area contributed by atoms with Crippen molar-refractivity contribution in [3.05, 3.63) is 35.9 Å². The van der Waals surface area contributed by atoms with E-state index in [1.54, 1.807) is 0 Å². The molecule has 1 aromatic rings. The molecule has 0 unspecified atom stereocenters. The van der Waals surface area contributed by atoms with Gasteiger partial charge in [0.15, 0.2) is 0 Å². The van der Waals surface area contributed by atoms with Gasteiger partial charge in [-0.2, -0.15) is 0 Å². The van der Waals surface area contributed by atoms with Crippen LogP contribution in [0.25, 0.3) is 0 Å². The Kier molecular flexibility index (Phi) is 4.21. The van der Waals surface area contributed by atoms with E-state index in [0.717, 1.165) is 37.7 Å². The van der Waals surface area contributed by atoms with Crippen molar-refractivity contribution >= 4 is 6.09 Å². The van der Waals surface area contributed by atoms with E-state index in [0.29, 0.717) is 12.5 Å². The van der Waals surface area contributed by atoms with E-state index in [1.807, 2.05) is 35.2 Å². The summed E-state index contributed by atoms with van der Waals surface area (Å²) >= 11 is 0. The van der Waals surface area contributed by atoms with Crippen LogP contribution in [0.5, 0.6) is 0 Å². The molecule has 1 atom stereocenters. The second-order valence-corrected chi connectivity index (χ2v) is 5.82. The fraction of sp³-hybridized carbons (Fsp3) is 0.562. The van der Waals surface area contributed by atoms with Gasteiger partial charge in [-0.25, -0.2) is 4.79 Å². The van der Waals surface area contributed by atoms with Crippen LogP contribution in [-0.4, -0.2) is 36.7 Å². The molecule has 1 saturated carbocycles. The second-order valence-electron chi connectivity index (χ2n) is 5.82. The molecule has 1 N–H and O–H groups in total. The maximum absolute atomic E-state index is 12.0. The van der Waals surface area contributed by atoms with E-state index >= 15 is 0 Å². The Morgan fingerprint density at radius 2 is 2.05 bits per heavy atom. The smallest absolute Gasteiger partial charge is 0.410 e. The van der Waals surface area contributed by atoms with Gasteiger partial charge in [0.05, 0.1) is 0 Å². The molecule has 4 heteroatoms. The highest BCUT2D eigenvalue weighted by Gasteiger charge is 2.29. The zero-order chi connectivity index (χ0) is 13.8. The summed E-state index contributed by atoms with van der Waals surface area (Å²) < 4.78 is 5.36. The summed E-state index contributed by atoms with van der Waals surface area (Å²) in [6.07, 6.45) is 3.54. The summed E-state index contributed by atoms with van der Waals surface area (Å²) in [5.74, 6) is 0.583. The fourth-order valence-electron chi connectivity index (χ4n) is 2.60. The number of likely N-dealkylation sites (tertiary alicyclic amines) is 1. The molecule has 20 heavy (non-hydrogen) atoms. The van der Waals surface area contributed by atoms with Crippen LogP contribution in [0.4, 0.5) is 4.79 Å². The van der Waals surface area contributed by atoms with Crippen molar-refractivity contribution in [3.8, 4) is 0 Å². The van der Waals surface area contributed by atoms with E-state index in [2.05, 4.69) is 5.32 Å². The highest BCUT2D eigenvalue weighted by Crippen LogP contribution is 2.21. The molecule has 0 radical (unpaired) electrons. The van der Waals surface area contributed by atoms with Gasteiger partial charge in [0.1, 0.15) is 6.61 Å². The van der Waals surface area contributed by atoms with Crippen molar-refractivity contribution in [2.75, 3.05) is 19.6 Å². The first-order valence-electron chi connectivity index (χ1n) is 7.50. The van der Waals surface area contributed by atoms with Gasteiger partial charge in [-0.15, -0.1) is 0 Å². The lowest BCUT2D eigenvalue weighted by molar-refractivity contribution is 0.103. The van der Waals surface area contributed by atoms with Crippen LogP contribution < -0.4 is 5.32 Å². The van der Waals surface area contributed by atoms with Gasteiger partial charge in [-0.05, 0) is 37.3 Å². The van der Waals surface area contributed by atoms with Crippen LogP contribution in [0, 0.1) is 5.92 Å². The number of nitrogens with one attached hydrogen (secondary N) is 1. The average Bonchev–Trinajstić information content (AvgIpc) is 3.20. The number of hydrogen-bond acceptors (Lipinski definition) is 3. The largest absolute Gasteiger partial charge is 0.445 e. The Hall–Kier alpha value is -1.55. The number of carbonyl (C=O) groups is 1. The topological polar surface area (TPSA) is 41.6 Å². The molecule has 1 saturated heterocycles.